The van der Waals surface area contributed by atoms with E-state index in [0.717, 1.165) is 19.6 Å². The molecule has 8 nitrogen and oxygen atoms in total. The van der Waals surface area contributed by atoms with Crippen LogP contribution in [-0.2, 0) is 9.59 Å². The molecule has 0 aliphatic carbocycles. The summed E-state index contributed by atoms with van der Waals surface area (Å²) >= 11 is 0. The van der Waals surface area contributed by atoms with Crippen LogP contribution in [0.1, 0.15) is 37.4 Å². The van der Waals surface area contributed by atoms with Gasteiger partial charge in [-0.2, -0.15) is 0 Å². The van der Waals surface area contributed by atoms with Gasteiger partial charge in [0.2, 0.25) is 0 Å². The lowest BCUT2D eigenvalue weighted by Gasteiger charge is -2.28. The first-order chi connectivity index (χ1) is 16.9. The lowest BCUT2D eigenvalue weighted by molar-refractivity contribution is -0.140. The number of carbonyl (C=O) groups is 2. The van der Waals surface area contributed by atoms with Gasteiger partial charge in [0, 0.05) is 17.7 Å². The molecule has 1 fully saturated rings. The molecule has 8 heteroatoms. The lowest BCUT2D eigenvalue weighted by atomic mass is 9.94. The number of methoxy groups -OCH3 is 3. The number of hydrogen-bond acceptors (Lipinski definition) is 7. The van der Waals surface area contributed by atoms with Crippen LogP contribution >= 0.6 is 0 Å². The Balaban J connectivity index is 2.15. The van der Waals surface area contributed by atoms with Crippen molar-refractivity contribution in [1.29, 1.82) is 0 Å². The molecule has 3 rings (SSSR count). The number of para-hydroxylation sites is 1. The molecule has 1 heterocycles. The Morgan fingerprint density at radius 2 is 1.71 bits per heavy atom. The largest absolute Gasteiger partial charge is 0.507 e. The first kappa shape index (κ1) is 26.1. The van der Waals surface area contributed by atoms with Gasteiger partial charge >= 0.3 is 0 Å². The second kappa shape index (κ2) is 11.8. The number of ether oxygens (including phenoxy) is 3. The summed E-state index contributed by atoms with van der Waals surface area (Å²) in [5.41, 5.74) is 0.966. The van der Waals surface area contributed by atoms with E-state index in [1.54, 1.807) is 42.5 Å². The number of nitrogens with zero attached hydrogens (tertiary/aromatic N) is 2. The third kappa shape index (κ3) is 5.27. The number of amides is 1. The van der Waals surface area contributed by atoms with E-state index in [1.807, 2.05) is 0 Å². The van der Waals surface area contributed by atoms with Crippen LogP contribution in [0.4, 0.5) is 0 Å². The number of hydrogen-bond donors (Lipinski definition) is 1. The summed E-state index contributed by atoms with van der Waals surface area (Å²) < 4.78 is 16.4. The molecule has 0 unspecified atom stereocenters. The topological polar surface area (TPSA) is 88.5 Å². The fraction of sp³-hybridized carbons (Fsp3) is 0.407. The van der Waals surface area contributed by atoms with Crippen molar-refractivity contribution in [3.8, 4) is 17.2 Å². The van der Waals surface area contributed by atoms with Gasteiger partial charge in [0.25, 0.3) is 11.7 Å². The van der Waals surface area contributed by atoms with Gasteiger partial charge in [0.05, 0.1) is 32.9 Å². The Morgan fingerprint density at radius 1 is 1.00 bits per heavy atom. The van der Waals surface area contributed by atoms with E-state index in [4.69, 9.17) is 14.2 Å². The second-order valence-corrected chi connectivity index (χ2v) is 8.19. The predicted molar refractivity (Wildman–Crippen MR) is 134 cm³/mol. The van der Waals surface area contributed by atoms with Crippen molar-refractivity contribution in [2.24, 2.45) is 0 Å². The minimum Gasteiger partial charge on any atom is -0.507 e. The van der Waals surface area contributed by atoms with Gasteiger partial charge in [-0.05, 0) is 44.3 Å². The van der Waals surface area contributed by atoms with E-state index < -0.39 is 17.7 Å². The molecule has 1 aliphatic heterocycles. The Kier molecular flexibility index (Phi) is 8.76. The number of Topliss-reactive ketones (excluding diaryl/α,β-unsaturated/α-hetero) is 1. The maximum atomic E-state index is 13.3. The average molecular weight is 483 g/mol. The highest BCUT2D eigenvalue weighted by Crippen LogP contribution is 2.45. The Bertz CT molecular complexity index is 1090. The van der Waals surface area contributed by atoms with Crippen LogP contribution in [0, 0.1) is 0 Å². The van der Waals surface area contributed by atoms with Crippen LogP contribution in [0.5, 0.6) is 17.2 Å². The highest BCUT2D eigenvalue weighted by atomic mass is 16.5. The van der Waals surface area contributed by atoms with E-state index in [1.165, 1.54) is 26.2 Å². The standard InChI is InChI=1S/C27H34N2O6/c1-6-28(7-2)15-10-16-29-23(20-13-9-14-21(34-4)26(20)35-5)22(25(31)27(29)32)24(30)18-11-8-12-19(17-18)33-3/h8-9,11-14,17,23,30H,6-7,10,15-16H2,1-5H3/t23-/m0/s1. The zero-order valence-corrected chi connectivity index (χ0v) is 21.0. The number of ketones is 1. The molecule has 1 atom stereocenters. The molecule has 0 saturated carbocycles. The van der Waals surface area contributed by atoms with Gasteiger partial charge in [0.1, 0.15) is 11.5 Å². The molecule has 2 aromatic carbocycles. The Labute approximate surface area is 206 Å². The van der Waals surface area contributed by atoms with Crippen LogP contribution < -0.4 is 14.2 Å². The molecule has 188 valence electrons. The van der Waals surface area contributed by atoms with Crippen molar-refractivity contribution in [3.05, 3.63) is 59.2 Å². The lowest BCUT2D eigenvalue weighted by Crippen LogP contribution is -2.33. The second-order valence-electron chi connectivity index (χ2n) is 8.19. The smallest absolute Gasteiger partial charge is 0.295 e. The Morgan fingerprint density at radius 3 is 2.34 bits per heavy atom. The number of carbonyl (C=O) groups excluding carboxylic acids is 2. The normalized spacial score (nSPS) is 17.2. The van der Waals surface area contributed by atoms with Gasteiger partial charge in [-0.15, -0.1) is 0 Å². The number of rotatable bonds is 11. The van der Waals surface area contributed by atoms with Crippen LogP contribution in [0.2, 0.25) is 0 Å². The summed E-state index contributed by atoms with van der Waals surface area (Å²) in [5.74, 6) is -0.236. The average Bonchev–Trinajstić information content (AvgIpc) is 3.14. The SMILES string of the molecule is CCN(CC)CCCN1C(=O)C(=O)C(=C(O)c2cccc(OC)c2)[C@@H]1c1cccc(OC)c1OC. The van der Waals surface area contributed by atoms with Crippen molar-refractivity contribution in [3.63, 3.8) is 0 Å². The minimum absolute atomic E-state index is 0.0117. The van der Waals surface area contributed by atoms with Crippen molar-refractivity contribution in [1.82, 2.24) is 9.80 Å². The van der Waals surface area contributed by atoms with Crippen molar-refractivity contribution >= 4 is 17.4 Å². The summed E-state index contributed by atoms with van der Waals surface area (Å²) in [7, 11) is 4.56. The predicted octanol–water partition coefficient (Wildman–Crippen LogP) is 3.87. The first-order valence-corrected chi connectivity index (χ1v) is 11.8. The molecule has 35 heavy (non-hydrogen) atoms. The minimum atomic E-state index is -0.831. The summed E-state index contributed by atoms with van der Waals surface area (Å²) in [6.45, 7) is 7.11. The molecule has 1 saturated heterocycles. The molecule has 1 N–H and O–H groups in total. The molecule has 1 amide bonds. The Hall–Kier alpha value is -3.52. The van der Waals surface area contributed by atoms with Gasteiger partial charge < -0.3 is 29.1 Å². The molecular formula is C27H34N2O6. The molecule has 0 aromatic heterocycles. The molecular weight excluding hydrogens is 448 g/mol. The van der Waals surface area contributed by atoms with Gasteiger partial charge in [-0.1, -0.05) is 38.1 Å². The fourth-order valence-electron chi connectivity index (χ4n) is 4.49. The summed E-state index contributed by atoms with van der Waals surface area (Å²) in [5, 5.41) is 11.3. The van der Waals surface area contributed by atoms with Gasteiger partial charge in [-0.25, -0.2) is 0 Å². The molecule has 2 aromatic rings. The number of benzene rings is 2. The van der Waals surface area contributed by atoms with Crippen LogP contribution in [0.3, 0.4) is 0 Å². The molecule has 0 bridgehead atoms. The number of aliphatic hydroxyl groups is 1. The van der Waals surface area contributed by atoms with E-state index in [0.29, 0.717) is 41.3 Å². The highest BCUT2D eigenvalue weighted by Gasteiger charge is 2.47. The maximum absolute atomic E-state index is 13.3. The number of likely N-dealkylation sites (tertiary alicyclic amines) is 1. The summed E-state index contributed by atoms with van der Waals surface area (Å²) in [6.07, 6.45) is 0.677. The van der Waals surface area contributed by atoms with E-state index >= 15 is 0 Å². The van der Waals surface area contributed by atoms with Crippen molar-refractivity contribution in [2.75, 3.05) is 47.5 Å². The van der Waals surface area contributed by atoms with Crippen LogP contribution in [0.15, 0.2) is 48.0 Å². The molecule has 0 radical (unpaired) electrons. The van der Waals surface area contributed by atoms with Crippen LogP contribution in [-0.4, -0.2) is 74.1 Å². The van der Waals surface area contributed by atoms with E-state index in [2.05, 4.69) is 18.7 Å². The van der Waals surface area contributed by atoms with Gasteiger partial charge in [-0.3, -0.25) is 9.59 Å². The first-order valence-electron chi connectivity index (χ1n) is 11.8. The van der Waals surface area contributed by atoms with Crippen molar-refractivity contribution in [2.45, 2.75) is 26.3 Å². The maximum Gasteiger partial charge on any atom is 0.295 e. The number of aliphatic hydroxyl groups excluding tert-OH is 1. The third-order valence-electron chi connectivity index (χ3n) is 6.38. The molecule has 0 spiro atoms. The zero-order valence-electron chi connectivity index (χ0n) is 21.0. The monoisotopic (exact) mass is 482 g/mol. The van der Waals surface area contributed by atoms with E-state index in [9.17, 15) is 14.7 Å². The fourth-order valence-corrected chi connectivity index (χ4v) is 4.49. The van der Waals surface area contributed by atoms with Gasteiger partial charge in [0.15, 0.2) is 11.5 Å². The quantitative estimate of drug-likeness (QED) is 0.296. The van der Waals surface area contributed by atoms with Crippen molar-refractivity contribution < 1.29 is 28.9 Å². The van der Waals surface area contributed by atoms with Crippen LogP contribution in [0.25, 0.3) is 5.76 Å². The highest BCUT2D eigenvalue weighted by molar-refractivity contribution is 6.46. The zero-order chi connectivity index (χ0) is 25.5. The third-order valence-corrected chi connectivity index (χ3v) is 6.38. The summed E-state index contributed by atoms with van der Waals surface area (Å²) in [4.78, 5) is 30.3. The van der Waals surface area contributed by atoms with E-state index in [-0.39, 0.29) is 11.3 Å². The molecule has 1 aliphatic rings. The summed E-state index contributed by atoms with van der Waals surface area (Å²) in [6, 6.07) is 11.2.